The number of carbonyl (C=O) groups excluding carboxylic acids is 2. The molecule has 0 saturated carbocycles. The smallest absolute Gasteiger partial charge is 0.340 e. The molecule has 2 aromatic carbocycles. The second kappa shape index (κ2) is 7.40. The van der Waals surface area contributed by atoms with Gasteiger partial charge in [0.25, 0.3) is 5.91 Å². The zero-order valence-electron chi connectivity index (χ0n) is 12.4. The molecule has 1 N–H and O–H groups in total. The third-order valence-electron chi connectivity index (χ3n) is 3.06. The molecule has 0 atom stereocenters. The Hall–Kier alpha value is -2.16. The third kappa shape index (κ3) is 3.98. The molecule has 120 valence electrons. The molecule has 0 aliphatic rings. The van der Waals surface area contributed by atoms with Crippen LogP contribution in [0.15, 0.2) is 36.4 Å². The first-order valence-corrected chi connectivity index (χ1v) is 7.57. The van der Waals surface area contributed by atoms with Crippen LogP contribution in [0, 0.1) is 9.39 Å². The predicted molar refractivity (Wildman–Crippen MR) is 91.4 cm³/mol. The number of esters is 1. The summed E-state index contributed by atoms with van der Waals surface area (Å²) in [5.74, 6) is -1.02. The van der Waals surface area contributed by atoms with Gasteiger partial charge in [-0.25, -0.2) is 9.18 Å². The van der Waals surface area contributed by atoms with Crippen LogP contribution in [0.5, 0.6) is 5.75 Å². The zero-order valence-corrected chi connectivity index (χ0v) is 14.5. The molecule has 0 bridgehead atoms. The van der Waals surface area contributed by atoms with E-state index < -0.39 is 17.7 Å². The van der Waals surface area contributed by atoms with E-state index in [-0.39, 0.29) is 11.3 Å². The van der Waals surface area contributed by atoms with E-state index >= 15 is 0 Å². The van der Waals surface area contributed by atoms with Crippen molar-refractivity contribution >= 4 is 40.2 Å². The topological polar surface area (TPSA) is 64.6 Å². The van der Waals surface area contributed by atoms with Gasteiger partial charge in [0.15, 0.2) is 0 Å². The summed E-state index contributed by atoms with van der Waals surface area (Å²) in [5.41, 5.74) is 0.749. The van der Waals surface area contributed by atoms with Crippen molar-refractivity contribution in [2.24, 2.45) is 0 Å². The van der Waals surface area contributed by atoms with Gasteiger partial charge in [0.1, 0.15) is 11.6 Å². The maximum atomic E-state index is 13.1. The van der Waals surface area contributed by atoms with E-state index in [9.17, 15) is 14.0 Å². The molecular formula is C16H13FINO4. The fraction of sp³-hybridized carbons (Fsp3) is 0.125. The van der Waals surface area contributed by atoms with Gasteiger partial charge in [0, 0.05) is 3.57 Å². The lowest BCUT2D eigenvalue weighted by Crippen LogP contribution is -2.16. The minimum Gasteiger partial charge on any atom is -0.497 e. The molecule has 0 saturated heterocycles. The van der Waals surface area contributed by atoms with Gasteiger partial charge in [0.05, 0.1) is 31.0 Å². The van der Waals surface area contributed by atoms with Crippen LogP contribution < -0.4 is 10.1 Å². The second-order valence-electron chi connectivity index (χ2n) is 4.48. The molecule has 0 radical (unpaired) electrons. The molecule has 0 unspecified atom stereocenters. The monoisotopic (exact) mass is 429 g/mol. The maximum Gasteiger partial charge on any atom is 0.340 e. The Bertz CT molecular complexity index is 764. The summed E-state index contributed by atoms with van der Waals surface area (Å²) in [7, 11) is 2.71. The fourth-order valence-electron chi connectivity index (χ4n) is 1.90. The third-order valence-corrected chi connectivity index (χ3v) is 3.95. The van der Waals surface area contributed by atoms with Crippen molar-refractivity contribution in [3.05, 3.63) is 56.9 Å². The Morgan fingerprint density at radius 2 is 1.83 bits per heavy atom. The number of rotatable bonds is 4. The van der Waals surface area contributed by atoms with E-state index in [1.165, 1.54) is 38.5 Å². The number of anilines is 1. The van der Waals surface area contributed by atoms with Crippen LogP contribution >= 0.6 is 22.6 Å². The van der Waals surface area contributed by atoms with Gasteiger partial charge >= 0.3 is 5.97 Å². The number of ether oxygens (including phenoxy) is 2. The first-order valence-electron chi connectivity index (χ1n) is 6.49. The fourth-order valence-corrected chi connectivity index (χ4v) is 2.62. The van der Waals surface area contributed by atoms with Crippen LogP contribution in [0.4, 0.5) is 10.1 Å². The van der Waals surface area contributed by atoms with Crippen molar-refractivity contribution in [2.45, 2.75) is 0 Å². The van der Waals surface area contributed by atoms with E-state index in [1.807, 2.05) is 22.6 Å². The summed E-state index contributed by atoms with van der Waals surface area (Å²) in [5, 5.41) is 2.63. The van der Waals surface area contributed by atoms with E-state index in [0.29, 0.717) is 14.9 Å². The van der Waals surface area contributed by atoms with Gasteiger partial charge in [0.2, 0.25) is 0 Å². The maximum absolute atomic E-state index is 13.1. The van der Waals surface area contributed by atoms with Gasteiger partial charge in [-0.05, 0) is 59.0 Å². The Morgan fingerprint density at radius 1 is 1.09 bits per heavy atom. The molecule has 7 heteroatoms. The Kier molecular flexibility index (Phi) is 5.54. The lowest BCUT2D eigenvalue weighted by atomic mass is 10.1. The van der Waals surface area contributed by atoms with Crippen molar-refractivity contribution in [1.82, 2.24) is 0 Å². The molecule has 0 aliphatic heterocycles. The largest absolute Gasteiger partial charge is 0.497 e. The van der Waals surface area contributed by atoms with Gasteiger partial charge < -0.3 is 14.8 Å². The lowest BCUT2D eigenvalue weighted by Gasteiger charge is -2.12. The number of nitrogens with one attached hydrogen (secondary N) is 1. The number of carbonyl (C=O) groups is 2. The van der Waals surface area contributed by atoms with Gasteiger partial charge in [-0.3, -0.25) is 4.79 Å². The Morgan fingerprint density at radius 3 is 2.43 bits per heavy atom. The highest BCUT2D eigenvalue weighted by atomic mass is 127. The summed E-state index contributed by atoms with van der Waals surface area (Å²) >= 11 is 1.87. The van der Waals surface area contributed by atoms with E-state index in [1.54, 1.807) is 12.1 Å². The van der Waals surface area contributed by atoms with E-state index in [0.717, 1.165) is 0 Å². The average Bonchev–Trinajstić information content (AvgIpc) is 2.54. The Balaban J connectivity index is 2.35. The van der Waals surface area contributed by atoms with E-state index in [4.69, 9.17) is 9.47 Å². The molecule has 23 heavy (non-hydrogen) atoms. The van der Waals surface area contributed by atoms with Crippen LogP contribution in [-0.2, 0) is 4.74 Å². The second-order valence-corrected chi connectivity index (χ2v) is 5.64. The lowest BCUT2D eigenvalue weighted by molar-refractivity contribution is 0.0601. The van der Waals surface area contributed by atoms with Crippen LogP contribution in [0.25, 0.3) is 0 Å². The summed E-state index contributed by atoms with van der Waals surface area (Å²) in [6, 6.07) is 8.46. The molecule has 2 aromatic rings. The molecule has 2 rings (SSSR count). The number of methoxy groups -OCH3 is 2. The van der Waals surface area contributed by atoms with Crippen molar-refractivity contribution < 1.29 is 23.5 Å². The van der Waals surface area contributed by atoms with Crippen LogP contribution in [0.2, 0.25) is 0 Å². The molecule has 0 spiro atoms. The quantitative estimate of drug-likeness (QED) is 0.598. The van der Waals surface area contributed by atoms with Crippen molar-refractivity contribution in [1.29, 1.82) is 0 Å². The normalized spacial score (nSPS) is 10.1. The van der Waals surface area contributed by atoms with Crippen molar-refractivity contribution in [3.8, 4) is 5.75 Å². The summed E-state index contributed by atoms with van der Waals surface area (Å²) in [4.78, 5) is 24.2. The average molecular weight is 429 g/mol. The van der Waals surface area contributed by atoms with Gasteiger partial charge in [-0.15, -0.1) is 0 Å². The van der Waals surface area contributed by atoms with E-state index in [2.05, 4.69) is 5.32 Å². The molecular weight excluding hydrogens is 416 g/mol. The van der Waals surface area contributed by atoms with Crippen molar-refractivity contribution in [2.75, 3.05) is 19.5 Å². The molecule has 0 aromatic heterocycles. The summed E-state index contributed by atoms with van der Waals surface area (Å²) in [6.45, 7) is 0. The minimum absolute atomic E-state index is 0.164. The van der Waals surface area contributed by atoms with Crippen LogP contribution in [0.1, 0.15) is 20.7 Å². The zero-order chi connectivity index (χ0) is 17.0. The highest BCUT2D eigenvalue weighted by molar-refractivity contribution is 14.1. The number of hydrogen-bond donors (Lipinski definition) is 1. The molecule has 0 fully saturated rings. The molecule has 0 aliphatic carbocycles. The number of hydrogen-bond acceptors (Lipinski definition) is 4. The number of benzene rings is 2. The first kappa shape index (κ1) is 17.2. The minimum atomic E-state index is -0.604. The Labute approximate surface area is 145 Å². The van der Waals surface area contributed by atoms with Crippen molar-refractivity contribution in [3.63, 3.8) is 0 Å². The van der Waals surface area contributed by atoms with Gasteiger partial charge in [-0.1, -0.05) is 0 Å². The van der Waals surface area contributed by atoms with Crippen LogP contribution in [0.3, 0.4) is 0 Å². The number of halogens is 2. The number of amides is 1. The summed E-state index contributed by atoms with van der Waals surface area (Å²) in [6.07, 6.45) is 0. The summed E-state index contributed by atoms with van der Waals surface area (Å²) < 4.78 is 23.4. The first-order chi connectivity index (χ1) is 11.0. The highest BCUT2D eigenvalue weighted by Crippen LogP contribution is 2.24. The van der Waals surface area contributed by atoms with Crippen LogP contribution in [-0.4, -0.2) is 26.1 Å². The standard InChI is InChI=1S/C16H13FINO4/c1-22-10-4-6-14(12(8-10)16(21)23-2)19-15(20)11-5-3-9(17)7-13(11)18/h3-8H,1-2H3,(H,19,20). The molecule has 5 nitrogen and oxygen atoms in total. The molecule has 1 amide bonds. The SMILES string of the molecule is COC(=O)c1cc(OC)ccc1NC(=O)c1ccc(F)cc1I. The van der Waals surface area contributed by atoms with Gasteiger partial charge in [-0.2, -0.15) is 0 Å². The molecule has 0 heterocycles. The highest BCUT2D eigenvalue weighted by Gasteiger charge is 2.17. The predicted octanol–water partition coefficient (Wildman–Crippen LogP) is 3.48.